The number of pyridine rings is 1. The van der Waals surface area contributed by atoms with Crippen LogP contribution in [0.3, 0.4) is 0 Å². The van der Waals surface area contributed by atoms with Gasteiger partial charge in [0.05, 0.1) is 5.69 Å². The molecule has 0 aliphatic carbocycles. The van der Waals surface area contributed by atoms with Gasteiger partial charge >= 0.3 is 0 Å². The van der Waals surface area contributed by atoms with Gasteiger partial charge in [0.15, 0.2) is 0 Å². The molecular formula is C16H20N4O. The number of carbonyl (C=O) groups is 1. The van der Waals surface area contributed by atoms with E-state index >= 15 is 0 Å². The highest BCUT2D eigenvalue weighted by Crippen LogP contribution is 2.13. The third-order valence-corrected chi connectivity index (χ3v) is 2.97. The fraction of sp³-hybridized carbons (Fsp3) is 0.250. The Morgan fingerprint density at radius 3 is 2.81 bits per heavy atom. The van der Waals surface area contributed by atoms with Gasteiger partial charge in [0, 0.05) is 30.5 Å². The summed E-state index contributed by atoms with van der Waals surface area (Å²) in [5.41, 5.74) is 8.73. The highest BCUT2D eigenvalue weighted by Gasteiger charge is 2.07. The van der Waals surface area contributed by atoms with Crippen LogP contribution in [0.4, 0.5) is 5.69 Å². The molecule has 0 spiro atoms. The first kappa shape index (κ1) is 15.2. The van der Waals surface area contributed by atoms with E-state index in [4.69, 9.17) is 5.73 Å². The number of rotatable bonds is 5. The molecule has 110 valence electrons. The summed E-state index contributed by atoms with van der Waals surface area (Å²) in [4.78, 5) is 18.4. The molecule has 0 unspecified atom stereocenters. The van der Waals surface area contributed by atoms with Crippen molar-refractivity contribution in [1.29, 1.82) is 0 Å². The van der Waals surface area contributed by atoms with Crippen molar-refractivity contribution < 1.29 is 4.79 Å². The quantitative estimate of drug-likeness (QED) is 0.879. The molecule has 5 heteroatoms. The molecule has 21 heavy (non-hydrogen) atoms. The van der Waals surface area contributed by atoms with Gasteiger partial charge in [0.25, 0.3) is 5.91 Å². The normalized spacial score (nSPS) is 10.7. The number of hydrogen-bond donors (Lipinski definition) is 2. The van der Waals surface area contributed by atoms with Crippen LogP contribution < -0.4 is 11.1 Å². The van der Waals surface area contributed by atoms with Gasteiger partial charge in [0.2, 0.25) is 0 Å². The summed E-state index contributed by atoms with van der Waals surface area (Å²) in [5.74, 6) is -0.158. The van der Waals surface area contributed by atoms with Crippen molar-refractivity contribution in [3.05, 3.63) is 59.4 Å². The van der Waals surface area contributed by atoms with E-state index in [-0.39, 0.29) is 5.91 Å². The molecule has 1 amide bonds. The minimum atomic E-state index is -0.158. The lowest BCUT2D eigenvalue weighted by molar-refractivity contribution is 0.102. The van der Waals surface area contributed by atoms with Gasteiger partial charge in [-0.25, -0.2) is 0 Å². The first-order valence-electron chi connectivity index (χ1n) is 6.78. The van der Waals surface area contributed by atoms with Crippen molar-refractivity contribution in [2.45, 2.75) is 13.1 Å². The fourth-order valence-electron chi connectivity index (χ4n) is 2.05. The molecule has 5 nitrogen and oxygen atoms in total. The summed E-state index contributed by atoms with van der Waals surface area (Å²) in [6.45, 7) is 1.15. The van der Waals surface area contributed by atoms with Gasteiger partial charge in [0.1, 0.15) is 0 Å². The zero-order chi connectivity index (χ0) is 15.2. The number of anilines is 1. The minimum absolute atomic E-state index is 0.158. The Labute approximate surface area is 124 Å². The second kappa shape index (κ2) is 6.97. The molecule has 0 fully saturated rings. The lowest BCUT2D eigenvalue weighted by atomic mass is 10.1. The second-order valence-electron chi connectivity index (χ2n) is 5.13. The second-order valence-corrected chi connectivity index (χ2v) is 5.13. The van der Waals surface area contributed by atoms with Crippen LogP contribution in [0.2, 0.25) is 0 Å². The van der Waals surface area contributed by atoms with Gasteiger partial charge in [-0.3, -0.25) is 9.78 Å². The van der Waals surface area contributed by atoms with E-state index in [1.165, 1.54) is 0 Å². The molecule has 0 radical (unpaired) electrons. The minimum Gasteiger partial charge on any atom is -0.325 e. The molecule has 0 aliphatic rings. The topological polar surface area (TPSA) is 71.2 Å². The zero-order valence-corrected chi connectivity index (χ0v) is 12.3. The van der Waals surface area contributed by atoms with E-state index in [2.05, 4.69) is 15.2 Å². The number of amides is 1. The van der Waals surface area contributed by atoms with Crippen molar-refractivity contribution in [2.75, 3.05) is 19.4 Å². The van der Waals surface area contributed by atoms with Crippen LogP contribution in [0, 0.1) is 0 Å². The predicted molar refractivity (Wildman–Crippen MR) is 83.9 cm³/mol. The Morgan fingerprint density at radius 2 is 2.10 bits per heavy atom. The Morgan fingerprint density at radius 1 is 1.29 bits per heavy atom. The third kappa shape index (κ3) is 4.37. The molecule has 1 aromatic heterocycles. The van der Waals surface area contributed by atoms with Crippen LogP contribution in [-0.4, -0.2) is 29.9 Å². The van der Waals surface area contributed by atoms with Gasteiger partial charge in [-0.15, -0.1) is 0 Å². The fourth-order valence-corrected chi connectivity index (χ4v) is 2.05. The van der Waals surface area contributed by atoms with Crippen molar-refractivity contribution in [3.8, 4) is 0 Å². The van der Waals surface area contributed by atoms with Crippen LogP contribution >= 0.6 is 0 Å². The average molecular weight is 284 g/mol. The Kier molecular flexibility index (Phi) is 5.03. The zero-order valence-electron chi connectivity index (χ0n) is 12.3. The summed E-state index contributed by atoms with van der Waals surface area (Å²) in [6.07, 6.45) is 1.60. The number of benzene rings is 1. The summed E-state index contributed by atoms with van der Waals surface area (Å²) < 4.78 is 0. The lowest BCUT2D eigenvalue weighted by Gasteiger charge is -2.11. The van der Waals surface area contributed by atoms with Crippen molar-refractivity contribution >= 4 is 11.6 Å². The maximum absolute atomic E-state index is 12.2. The molecule has 0 aliphatic heterocycles. The van der Waals surface area contributed by atoms with Crippen LogP contribution in [0.5, 0.6) is 0 Å². The highest BCUT2D eigenvalue weighted by molar-refractivity contribution is 6.04. The first-order chi connectivity index (χ1) is 10.1. The van der Waals surface area contributed by atoms with Gasteiger partial charge in [-0.05, 0) is 43.9 Å². The molecule has 0 atom stereocenters. The monoisotopic (exact) mass is 284 g/mol. The summed E-state index contributed by atoms with van der Waals surface area (Å²) in [5, 5.41) is 2.90. The number of aromatic nitrogens is 1. The van der Waals surface area contributed by atoms with E-state index in [0.717, 1.165) is 17.8 Å². The van der Waals surface area contributed by atoms with E-state index in [1.54, 1.807) is 18.3 Å². The van der Waals surface area contributed by atoms with E-state index in [1.807, 2.05) is 38.4 Å². The van der Waals surface area contributed by atoms with E-state index in [0.29, 0.717) is 17.8 Å². The first-order valence-corrected chi connectivity index (χ1v) is 6.78. The molecule has 0 bridgehead atoms. The Hall–Kier alpha value is -2.24. The number of nitrogens with one attached hydrogen (secondary N) is 1. The SMILES string of the molecule is CN(C)Cc1cccc(NC(=O)c2ccnc(CN)c2)c1. The van der Waals surface area contributed by atoms with Crippen LogP contribution in [-0.2, 0) is 13.1 Å². The number of nitrogens with two attached hydrogens (primary N) is 1. The lowest BCUT2D eigenvalue weighted by Crippen LogP contribution is -2.14. The molecule has 2 aromatic rings. The van der Waals surface area contributed by atoms with E-state index < -0.39 is 0 Å². The number of hydrogen-bond acceptors (Lipinski definition) is 4. The van der Waals surface area contributed by atoms with Crippen LogP contribution in [0.15, 0.2) is 42.6 Å². The molecule has 0 saturated carbocycles. The molecule has 1 heterocycles. The van der Waals surface area contributed by atoms with Crippen LogP contribution in [0.25, 0.3) is 0 Å². The third-order valence-electron chi connectivity index (χ3n) is 2.97. The van der Waals surface area contributed by atoms with E-state index in [9.17, 15) is 4.79 Å². The largest absolute Gasteiger partial charge is 0.325 e. The molecule has 3 N–H and O–H groups in total. The maximum atomic E-state index is 12.2. The summed E-state index contributed by atoms with van der Waals surface area (Å²) in [6, 6.07) is 11.2. The number of nitrogens with zero attached hydrogens (tertiary/aromatic N) is 2. The molecule has 1 aromatic carbocycles. The molecule has 2 rings (SSSR count). The predicted octanol–water partition coefficient (Wildman–Crippen LogP) is 1.85. The molecular weight excluding hydrogens is 264 g/mol. The van der Waals surface area contributed by atoms with Gasteiger partial charge in [-0.1, -0.05) is 12.1 Å². The van der Waals surface area contributed by atoms with Crippen molar-refractivity contribution in [2.24, 2.45) is 5.73 Å². The summed E-state index contributed by atoms with van der Waals surface area (Å²) in [7, 11) is 4.02. The van der Waals surface area contributed by atoms with Crippen molar-refractivity contribution in [3.63, 3.8) is 0 Å². The standard InChI is InChI=1S/C16H20N4O/c1-20(2)11-12-4-3-5-14(8-12)19-16(21)13-6-7-18-15(9-13)10-17/h3-9H,10-11,17H2,1-2H3,(H,19,21). The smallest absolute Gasteiger partial charge is 0.255 e. The summed E-state index contributed by atoms with van der Waals surface area (Å²) >= 11 is 0. The highest BCUT2D eigenvalue weighted by atomic mass is 16.1. The van der Waals surface area contributed by atoms with Crippen molar-refractivity contribution in [1.82, 2.24) is 9.88 Å². The van der Waals surface area contributed by atoms with Gasteiger partial charge in [-0.2, -0.15) is 0 Å². The average Bonchev–Trinajstić information content (AvgIpc) is 2.47. The maximum Gasteiger partial charge on any atom is 0.255 e. The number of carbonyl (C=O) groups excluding carboxylic acids is 1. The van der Waals surface area contributed by atoms with Gasteiger partial charge < -0.3 is 16.0 Å². The molecule has 0 saturated heterocycles. The Bertz CT molecular complexity index is 625. The van der Waals surface area contributed by atoms with Crippen LogP contribution in [0.1, 0.15) is 21.6 Å². The Balaban J connectivity index is 2.11.